The second-order valence-corrected chi connectivity index (χ2v) is 4.70. The number of ether oxygens (including phenoxy) is 1. The first-order valence-electron chi connectivity index (χ1n) is 6.27. The molecule has 2 aromatic rings. The Hall–Kier alpha value is -1.86. The predicted molar refractivity (Wildman–Crippen MR) is 68.0 cm³/mol. The van der Waals surface area contributed by atoms with E-state index in [4.69, 9.17) is 10.00 Å². The maximum Gasteiger partial charge on any atom is 0.138 e. The highest BCUT2D eigenvalue weighted by atomic mass is 16.5. The van der Waals surface area contributed by atoms with Crippen LogP contribution in [0.3, 0.4) is 0 Å². The van der Waals surface area contributed by atoms with Gasteiger partial charge in [-0.05, 0) is 37.5 Å². The van der Waals surface area contributed by atoms with E-state index in [1.54, 1.807) is 6.07 Å². The summed E-state index contributed by atoms with van der Waals surface area (Å²) in [6.07, 6.45) is 3.46. The molecule has 0 aliphatic carbocycles. The van der Waals surface area contributed by atoms with Crippen molar-refractivity contribution >= 4 is 11.0 Å². The molecule has 0 spiro atoms. The van der Waals surface area contributed by atoms with E-state index in [0.717, 1.165) is 36.3 Å². The molecule has 1 atom stereocenters. The van der Waals surface area contributed by atoms with E-state index in [1.807, 2.05) is 23.7 Å². The van der Waals surface area contributed by atoms with E-state index in [9.17, 15) is 0 Å². The molecule has 1 aromatic heterocycles. The highest BCUT2D eigenvalue weighted by Crippen LogP contribution is 2.29. The van der Waals surface area contributed by atoms with Crippen molar-refractivity contribution in [1.29, 1.82) is 5.26 Å². The minimum absolute atomic E-state index is 0.0988. The topological polar surface area (TPSA) is 50.8 Å². The maximum atomic E-state index is 8.94. The second-order valence-electron chi connectivity index (χ2n) is 4.70. The van der Waals surface area contributed by atoms with Gasteiger partial charge in [-0.1, -0.05) is 0 Å². The Kier molecular flexibility index (Phi) is 2.77. The Morgan fingerprint density at radius 1 is 1.44 bits per heavy atom. The number of benzene rings is 1. The van der Waals surface area contributed by atoms with Crippen LogP contribution in [0.1, 0.15) is 36.8 Å². The third kappa shape index (κ3) is 1.77. The van der Waals surface area contributed by atoms with Gasteiger partial charge >= 0.3 is 0 Å². The van der Waals surface area contributed by atoms with E-state index in [1.165, 1.54) is 6.42 Å². The van der Waals surface area contributed by atoms with Crippen LogP contribution in [-0.4, -0.2) is 16.2 Å². The number of fused-ring (bicyclic) bond motifs is 1. The van der Waals surface area contributed by atoms with Crippen molar-refractivity contribution in [3.8, 4) is 6.07 Å². The van der Waals surface area contributed by atoms with Crippen LogP contribution in [-0.2, 0) is 11.8 Å². The summed E-state index contributed by atoms with van der Waals surface area (Å²) in [6.45, 7) is 0.817. The van der Waals surface area contributed by atoms with Crippen LogP contribution in [0.25, 0.3) is 11.0 Å². The molecule has 4 nitrogen and oxygen atoms in total. The van der Waals surface area contributed by atoms with Gasteiger partial charge in [0.1, 0.15) is 11.9 Å². The standard InChI is InChI=1S/C14H15N3O/c1-17-12-8-10(9-15)5-6-11(12)16-14(17)13-4-2-3-7-18-13/h5-6,8,13H,2-4,7H2,1H3. The molecule has 92 valence electrons. The summed E-state index contributed by atoms with van der Waals surface area (Å²) >= 11 is 0. The Morgan fingerprint density at radius 3 is 3.06 bits per heavy atom. The fourth-order valence-corrected chi connectivity index (χ4v) is 2.51. The van der Waals surface area contributed by atoms with Crippen molar-refractivity contribution in [3.63, 3.8) is 0 Å². The van der Waals surface area contributed by atoms with Gasteiger partial charge in [-0.15, -0.1) is 0 Å². The molecule has 0 saturated carbocycles. The highest BCUT2D eigenvalue weighted by Gasteiger charge is 2.21. The summed E-state index contributed by atoms with van der Waals surface area (Å²) in [6, 6.07) is 7.76. The molecule has 1 unspecified atom stereocenters. The molecular formula is C14H15N3O. The number of nitriles is 1. The van der Waals surface area contributed by atoms with Crippen molar-refractivity contribution in [3.05, 3.63) is 29.6 Å². The lowest BCUT2D eigenvalue weighted by molar-refractivity contribution is 0.00817. The van der Waals surface area contributed by atoms with Crippen LogP contribution >= 0.6 is 0 Å². The van der Waals surface area contributed by atoms with Gasteiger partial charge in [-0.3, -0.25) is 0 Å². The molecule has 3 rings (SSSR count). The lowest BCUT2D eigenvalue weighted by Gasteiger charge is -2.21. The van der Waals surface area contributed by atoms with Gasteiger partial charge in [0.2, 0.25) is 0 Å². The quantitative estimate of drug-likeness (QED) is 0.771. The second kappa shape index (κ2) is 4.43. The third-order valence-corrected chi connectivity index (χ3v) is 3.51. The first-order valence-corrected chi connectivity index (χ1v) is 6.27. The molecule has 4 heteroatoms. The van der Waals surface area contributed by atoms with Gasteiger partial charge in [0.15, 0.2) is 0 Å². The summed E-state index contributed by atoms with van der Waals surface area (Å²) in [5, 5.41) is 8.94. The molecule has 0 amide bonds. The Morgan fingerprint density at radius 2 is 2.33 bits per heavy atom. The van der Waals surface area contributed by atoms with Gasteiger partial charge < -0.3 is 9.30 Å². The minimum Gasteiger partial charge on any atom is -0.370 e. The molecule has 2 heterocycles. The first kappa shape index (κ1) is 11.2. The van der Waals surface area contributed by atoms with Gasteiger partial charge in [-0.2, -0.15) is 5.26 Å². The molecule has 0 radical (unpaired) electrons. The zero-order valence-corrected chi connectivity index (χ0v) is 10.4. The highest BCUT2D eigenvalue weighted by molar-refractivity contribution is 5.77. The van der Waals surface area contributed by atoms with Crippen LogP contribution in [0.15, 0.2) is 18.2 Å². The number of nitrogens with zero attached hydrogens (tertiary/aromatic N) is 3. The Balaban J connectivity index is 2.08. The minimum atomic E-state index is 0.0988. The average Bonchev–Trinajstić information content (AvgIpc) is 2.77. The van der Waals surface area contributed by atoms with Crippen molar-refractivity contribution in [2.24, 2.45) is 7.05 Å². The monoisotopic (exact) mass is 241 g/mol. The van der Waals surface area contributed by atoms with Crippen LogP contribution < -0.4 is 0 Å². The zero-order valence-electron chi connectivity index (χ0n) is 10.4. The van der Waals surface area contributed by atoms with E-state index >= 15 is 0 Å². The fraction of sp³-hybridized carbons (Fsp3) is 0.429. The number of imidazole rings is 1. The molecule has 1 aromatic carbocycles. The molecular weight excluding hydrogens is 226 g/mol. The van der Waals surface area contributed by atoms with Crippen molar-refractivity contribution in [2.45, 2.75) is 25.4 Å². The van der Waals surface area contributed by atoms with Crippen molar-refractivity contribution in [2.75, 3.05) is 6.61 Å². The predicted octanol–water partition coefficient (Wildman–Crippen LogP) is 2.69. The summed E-state index contributed by atoms with van der Waals surface area (Å²) < 4.78 is 7.83. The van der Waals surface area contributed by atoms with Crippen LogP contribution in [0.5, 0.6) is 0 Å². The molecule has 0 N–H and O–H groups in total. The molecule has 1 aliphatic heterocycles. The van der Waals surface area contributed by atoms with Crippen LogP contribution in [0, 0.1) is 11.3 Å². The first-order chi connectivity index (χ1) is 8.79. The fourth-order valence-electron chi connectivity index (χ4n) is 2.51. The largest absolute Gasteiger partial charge is 0.370 e. The van der Waals surface area contributed by atoms with Crippen molar-refractivity contribution in [1.82, 2.24) is 9.55 Å². The van der Waals surface area contributed by atoms with E-state index in [2.05, 4.69) is 11.1 Å². The Labute approximate surface area is 106 Å². The summed E-state index contributed by atoms with van der Waals surface area (Å²) in [5.41, 5.74) is 2.60. The third-order valence-electron chi connectivity index (χ3n) is 3.51. The smallest absolute Gasteiger partial charge is 0.138 e. The molecule has 1 aliphatic rings. The molecule has 1 saturated heterocycles. The van der Waals surface area contributed by atoms with Gasteiger partial charge in [0.25, 0.3) is 0 Å². The van der Waals surface area contributed by atoms with E-state index in [0.29, 0.717) is 5.56 Å². The van der Waals surface area contributed by atoms with Crippen LogP contribution in [0.2, 0.25) is 0 Å². The summed E-state index contributed by atoms with van der Waals surface area (Å²) in [4.78, 5) is 4.64. The number of hydrogen-bond acceptors (Lipinski definition) is 3. The molecule has 18 heavy (non-hydrogen) atoms. The van der Waals surface area contributed by atoms with Crippen molar-refractivity contribution < 1.29 is 4.74 Å². The van der Waals surface area contributed by atoms with Gasteiger partial charge in [-0.25, -0.2) is 4.98 Å². The lowest BCUT2D eigenvalue weighted by Crippen LogP contribution is -2.15. The maximum absolute atomic E-state index is 8.94. The number of aryl methyl sites for hydroxylation is 1. The van der Waals surface area contributed by atoms with Gasteiger partial charge in [0.05, 0.1) is 22.7 Å². The zero-order chi connectivity index (χ0) is 12.5. The summed E-state index contributed by atoms with van der Waals surface area (Å²) in [7, 11) is 1.99. The SMILES string of the molecule is Cn1c(C2CCCCO2)nc2ccc(C#N)cc21. The number of rotatable bonds is 1. The number of aromatic nitrogens is 2. The lowest BCUT2D eigenvalue weighted by atomic mass is 10.1. The number of hydrogen-bond donors (Lipinski definition) is 0. The van der Waals surface area contributed by atoms with Crippen LogP contribution in [0.4, 0.5) is 0 Å². The average molecular weight is 241 g/mol. The van der Waals surface area contributed by atoms with Gasteiger partial charge in [0, 0.05) is 13.7 Å². The van der Waals surface area contributed by atoms with E-state index < -0.39 is 0 Å². The van der Waals surface area contributed by atoms with E-state index in [-0.39, 0.29) is 6.10 Å². The summed E-state index contributed by atoms with van der Waals surface area (Å²) in [5.74, 6) is 0.972. The normalized spacial score (nSPS) is 19.9. The Bertz CT molecular complexity index is 618. The molecule has 1 fully saturated rings. The molecule has 0 bridgehead atoms.